The van der Waals surface area contributed by atoms with Gasteiger partial charge in [-0.1, -0.05) is 11.6 Å². The molecule has 0 unspecified atom stereocenters. The minimum Gasteiger partial charge on any atom is -0.355 e. The van der Waals surface area contributed by atoms with Gasteiger partial charge in [0.1, 0.15) is 0 Å². The molecule has 1 rings (SSSR count). The fraction of sp³-hybridized carbons (Fsp3) is 0.500. The molecule has 1 aromatic rings. The molecule has 84 valence electrons. The summed E-state index contributed by atoms with van der Waals surface area (Å²) in [5.74, 6) is 0.0433. The minimum atomic E-state index is 0.0433. The Morgan fingerprint density at radius 1 is 1.53 bits per heavy atom. The molecule has 0 aliphatic carbocycles. The van der Waals surface area contributed by atoms with Crippen LogP contribution in [0.3, 0.4) is 0 Å². The molecule has 0 aliphatic rings. The van der Waals surface area contributed by atoms with Gasteiger partial charge in [-0.3, -0.25) is 4.79 Å². The van der Waals surface area contributed by atoms with Crippen molar-refractivity contribution in [1.29, 1.82) is 0 Å². The summed E-state index contributed by atoms with van der Waals surface area (Å²) < 4.78 is 0.814. The number of hydrogen-bond acceptors (Lipinski definition) is 3. The summed E-state index contributed by atoms with van der Waals surface area (Å²) in [5, 5.41) is 5.81. The fourth-order valence-electron chi connectivity index (χ4n) is 1.16. The van der Waals surface area contributed by atoms with Gasteiger partial charge in [-0.2, -0.15) is 0 Å². The number of halogens is 1. The molecule has 0 atom stereocenters. The van der Waals surface area contributed by atoms with Gasteiger partial charge in [0, 0.05) is 18.0 Å². The van der Waals surface area contributed by atoms with E-state index in [9.17, 15) is 4.79 Å². The summed E-state index contributed by atoms with van der Waals surface area (Å²) in [4.78, 5) is 12.3. The Bertz CT molecular complexity index is 314. The van der Waals surface area contributed by atoms with Crippen molar-refractivity contribution in [2.75, 3.05) is 19.6 Å². The maximum Gasteiger partial charge on any atom is 0.233 e. The number of rotatable bonds is 6. The van der Waals surface area contributed by atoms with Gasteiger partial charge in [0.05, 0.1) is 10.9 Å². The molecule has 1 amide bonds. The molecular formula is C10H15ClN2OS. The van der Waals surface area contributed by atoms with Gasteiger partial charge in [0.25, 0.3) is 0 Å². The topological polar surface area (TPSA) is 41.1 Å². The van der Waals surface area contributed by atoms with Crippen LogP contribution < -0.4 is 10.6 Å². The van der Waals surface area contributed by atoms with Crippen LogP contribution in [0.4, 0.5) is 0 Å². The summed E-state index contributed by atoms with van der Waals surface area (Å²) in [5.41, 5.74) is 0. The van der Waals surface area contributed by atoms with E-state index in [1.54, 1.807) is 11.3 Å². The summed E-state index contributed by atoms with van der Waals surface area (Å²) in [6, 6.07) is 3.91. The molecule has 1 aromatic heterocycles. The quantitative estimate of drug-likeness (QED) is 0.750. The molecule has 0 saturated carbocycles. The van der Waals surface area contributed by atoms with Crippen LogP contribution in [-0.4, -0.2) is 25.5 Å². The van der Waals surface area contributed by atoms with Crippen LogP contribution in [-0.2, 0) is 11.2 Å². The lowest BCUT2D eigenvalue weighted by atomic mass is 10.3. The number of thiophene rings is 1. The van der Waals surface area contributed by atoms with Crippen molar-refractivity contribution in [3.63, 3.8) is 0 Å². The van der Waals surface area contributed by atoms with Crippen molar-refractivity contribution in [3.8, 4) is 0 Å². The van der Waals surface area contributed by atoms with E-state index in [0.29, 0.717) is 13.1 Å². The van der Waals surface area contributed by atoms with Crippen molar-refractivity contribution < 1.29 is 4.79 Å². The van der Waals surface area contributed by atoms with Crippen molar-refractivity contribution in [3.05, 3.63) is 21.3 Å². The van der Waals surface area contributed by atoms with Crippen LogP contribution in [0, 0.1) is 0 Å². The zero-order chi connectivity index (χ0) is 11.1. The lowest BCUT2D eigenvalue weighted by Gasteiger charge is -2.03. The molecule has 0 fully saturated rings. The van der Waals surface area contributed by atoms with E-state index in [-0.39, 0.29) is 5.91 Å². The van der Waals surface area contributed by atoms with Crippen LogP contribution in [0.25, 0.3) is 0 Å². The summed E-state index contributed by atoms with van der Waals surface area (Å²) in [7, 11) is 0. The maximum atomic E-state index is 11.1. The van der Waals surface area contributed by atoms with Gasteiger partial charge < -0.3 is 10.6 Å². The number of nitrogens with one attached hydrogen (secondary N) is 2. The van der Waals surface area contributed by atoms with E-state index in [2.05, 4.69) is 10.6 Å². The zero-order valence-corrected chi connectivity index (χ0v) is 10.3. The summed E-state index contributed by atoms with van der Waals surface area (Å²) in [6.07, 6.45) is 0.913. The van der Waals surface area contributed by atoms with Gasteiger partial charge >= 0.3 is 0 Å². The van der Waals surface area contributed by atoms with Gasteiger partial charge in [-0.15, -0.1) is 11.3 Å². The molecule has 0 aromatic carbocycles. The molecule has 0 spiro atoms. The van der Waals surface area contributed by atoms with E-state index >= 15 is 0 Å². The normalized spacial score (nSPS) is 10.3. The number of amides is 1. The second-order valence-corrected chi connectivity index (χ2v) is 4.89. The first kappa shape index (κ1) is 12.5. The first-order valence-electron chi connectivity index (χ1n) is 4.94. The third-order valence-electron chi connectivity index (χ3n) is 1.84. The maximum absolute atomic E-state index is 11.1. The first-order valence-corrected chi connectivity index (χ1v) is 6.13. The molecule has 5 heteroatoms. The Balaban J connectivity index is 2.09. The molecule has 0 bridgehead atoms. The molecular weight excluding hydrogens is 232 g/mol. The summed E-state index contributed by atoms with van der Waals surface area (Å²) in [6.45, 7) is 3.77. The third kappa shape index (κ3) is 5.16. The van der Waals surface area contributed by atoms with Crippen LogP contribution in [0.15, 0.2) is 12.1 Å². The highest BCUT2D eigenvalue weighted by Crippen LogP contribution is 2.21. The minimum absolute atomic E-state index is 0.0433. The van der Waals surface area contributed by atoms with Crippen LogP contribution >= 0.6 is 22.9 Å². The van der Waals surface area contributed by atoms with Crippen molar-refractivity contribution in [2.45, 2.75) is 13.3 Å². The lowest BCUT2D eigenvalue weighted by Crippen LogP contribution is -2.34. The van der Waals surface area contributed by atoms with Crippen molar-refractivity contribution in [2.24, 2.45) is 0 Å². The number of carbonyl (C=O) groups excluding carboxylic acids is 1. The second-order valence-electron chi connectivity index (χ2n) is 3.09. The highest BCUT2D eigenvalue weighted by atomic mass is 35.5. The SMILES string of the molecule is CCNC(=O)CNCCc1ccc(Cl)s1. The highest BCUT2D eigenvalue weighted by Gasteiger charge is 1.99. The number of likely N-dealkylation sites (N-methyl/N-ethyl adjacent to an activating group) is 1. The Morgan fingerprint density at radius 3 is 2.93 bits per heavy atom. The summed E-state index contributed by atoms with van der Waals surface area (Å²) >= 11 is 7.38. The van der Waals surface area contributed by atoms with E-state index < -0.39 is 0 Å². The van der Waals surface area contributed by atoms with Gasteiger partial charge in [0.2, 0.25) is 5.91 Å². The fourth-order valence-corrected chi connectivity index (χ4v) is 2.25. The Kier molecular flexibility index (Phi) is 5.68. The lowest BCUT2D eigenvalue weighted by molar-refractivity contribution is -0.120. The van der Waals surface area contributed by atoms with E-state index in [1.807, 2.05) is 19.1 Å². The predicted octanol–water partition coefficient (Wildman–Crippen LogP) is 1.67. The molecule has 0 saturated heterocycles. The molecule has 1 heterocycles. The average molecular weight is 247 g/mol. The van der Waals surface area contributed by atoms with Crippen molar-refractivity contribution >= 4 is 28.8 Å². The van der Waals surface area contributed by atoms with Crippen molar-refractivity contribution in [1.82, 2.24) is 10.6 Å². The van der Waals surface area contributed by atoms with Crippen LogP contribution in [0.2, 0.25) is 4.34 Å². The second kappa shape index (κ2) is 6.82. The molecule has 0 aliphatic heterocycles. The molecule has 0 radical (unpaired) electrons. The zero-order valence-electron chi connectivity index (χ0n) is 8.68. The Labute approximate surface area is 98.8 Å². The standard InChI is InChI=1S/C10H15ClN2OS/c1-2-13-10(14)7-12-6-5-8-3-4-9(11)15-8/h3-4,12H,2,5-7H2,1H3,(H,13,14). The van der Waals surface area contributed by atoms with E-state index in [0.717, 1.165) is 17.3 Å². The third-order valence-corrected chi connectivity index (χ3v) is 3.13. The van der Waals surface area contributed by atoms with Gasteiger partial charge in [-0.25, -0.2) is 0 Å². The number of carbonyl (C=O) groups is 1. The van der Waals surface area contributed by atoms with Gasteiger partial charge in [0.15, 0.2) is 0 Å². The average Bonchev–Trinajstić information content (AvgIpc) is 2.60. The Hall–Kier alpha value is -0.580. The predicted molar refractivity (Wildman–Crippen MR) is 64.6 cm³/mol. The number of hydrogen-bond donors (Lipinski definition) is 2. The van der Waals surface area contributed by atoms with Gasteiger partial charge in [-0.05, 0) is 25.5 Å². The molecule has 15 heavy (non-hydrogen) atoms. The van der Waals surface area contributed by atoms with Crippen LogP contribution in [0.5, 0.6) is 0 Å². The van der Waals surface area contributed by atoms with E-state index in [4.69, 9.17) is 11.6 Å². The van der Waals surface area contributed by atoms with Crippen LogP contribution in [0.1, 0.15) is 11.8 Å². The largest absolute Gasteiger partial charge is 0.355 e. The molecule has 3 nitrogen and oxygen atoms in total. The highest BCUT2D eigenvalue weighted by molar-refractivity contribution is 7.16. The smallest absolute Gasteiger partial charge is 0.233 e. The first-order chi connectivity index (χ1) is 7.22. The Morgan fingerprint density at radius 2 is 2.33 bits per heavy atom. The monoisotopic (exact) mass is 246 g/mol. The van der Waals surface area contributed by atoms with E-state index in [1.165, 1.54) is 4.88 Å². The molecule has 2 N–H and O–H groups in total.